The van der Waals surface area contributed by atoms with Crippen LogP contribution in [0.1, 0.15) is 37.0 Å². The van der Waals surface area contributed by atoms with Gasteiger partial charge in [0.25, 0.3) is 0 Å². The number of aryl methyl sites for hydroxylation is 1. The predicted octanol–water partition coefficient (Wildman–Crippen LogP) is 2.70. The summed E-state index contributed by atoms with van der Waals surface area (Å²) in [6, 6.07) is 11.0. The molecule has 0 aliphatic rings. The van der Waals surface area contributed by atoms with Crippen molar-refractivity contribution in [2.24, 2.45) is 0 Å². The summed E-state index contributed by atoms with van der Waals surface area (Å²) in [5.74, 6) is 1.87. The molecule has 2 aromatic rings. The predicted molar refractivity (Wildman–Crippen MR) is 75.1 cm³/mol. The highest BCUT2D eigenvalue weighted by molar-refractivity contribution is 5.20. The van der Waals surface area contributed by atoms with Crippen LogP contribution in [0.25, 0.3) is 0 Å². The van der Waals surface area contributed by atoms with Crippen LogP contribution >= 0.6 is 0 Å². The van der Waals surface area contributed by atoms with E-state index in [2.05, 4.69) is 53.6 Å². The fourth-order valence-electron chi connectivity index (χ4n) is 2.07. The van der Waals surface area contributed by atoms with Crippen molar-refractivity contribution >= 4 is 0 Å². The normalized spacial score (nSPS) is 14.3. The average molecular weight is 259 g/mol. The molecule has 0 radical (unpaired) electrons. The molecule has 2 atom stereocenters. The van der Waals surface area contributed by atoms with Crippen molar-refractivity contribution in [1.82, 2.24) is 15.5 Å². The maximum absolute atomic E-state index is 5.09. The molecule has 0 amide bonds. The van der Waals surface area contributed by atoms with Crippen LogP contribution in [-0.2, 0) is 6.42 Å². The van der Waals surface area contributed by atoms with Crippen molar-refractivity contribution in [3.05, 3.63) is 47.6 Å². The van der Waals surface area contributed by atoms with Gasteiger partial charge in [-0.05, 0) is 25.3 Å². The summed E-state index contributed by atoms with van der Waals surface area (Å²) in [5.41, 5.74) is 1.36. The lowest BCUT2D eigenvalue weighted by molar-refractivity contribution is 0.367. The zero-order valence-electron chi connectivity index (χ0n) is 11.8. The molecule has 1 aromatic heterocycles. The van der Waals surface area contributed by atoms with Crippen LogP contribution in [-0.4, -0.2) is 22.7 Å². The van der Waals surface area contributed by atoms with E-state index >= 15 is 0 Å². The zero-order chi connectivity index (χ0) is 13.7. The van der Waals surface area contributed by atoms with Crippen LogP contribution in [0.5, 0.6) is 0 Å². The maximum atomic E-state index is 5.09. The number of hydrogen-bond acceptors (Lipinski definition) is 4. The lowest BCUT2D eigenvalue weighted by Crippen LogP contribution is -2.32. The molecule has 0 spiro atoms. The summed E-state index contributed by atoms with van der Waals surface area (Å²) in [5, 5.41) is 7.29. The van der Waals surface area contributed by atoms with Gasteiger partial charge in [0.2, 0.25) is 5.89 Å². The molecular formula is C15H21N3O. The van der Waals surface area contributed by atoms with Crippen molar-refractivity contribution in [1.29, 1.82) is 0 Å². The van der Waals surface area contributed by atoms with E-state index in [0.29, 0.717) is 23.7 Å². The van der Waals surface area contributed by atoms with Gasteiger partial charge in [-0.1, -0.05) is 42.4 Å². The Labute approximate surface area is 114 Å². The van der Waals surface area contributed by atoms with Crippen molar-refractivity contribution in [3.63, 3.8) is 0 Å². The van der Waals surface area contributed by atoms with Gasteiger partial charge in [0.05, 0.1) is 0 Å². The van der Waals surface area contributed by atoms with Crippen molar-refractivity contribution < 1.29 is 4.52 Å². The molecule has 4 nitrogen and oxygen atoms in total. The second-order valence-electron chi connectivity index (χ2n) is 4.93. The van der Waals surface area contributed by atoms with Gasteiger partial charge in [0.1, 0.15) is 0 Å². The van der Waals surface area contributed by atoms with E-state index in [0.717, 1.165) is 13.0 Å². The van der Waals surface area contributed by atoms with E-state index in [1.807, 2.05) is 13.0 Å². The first kappa shape index (κ1) is 13.7. The van der Waals surface area contributed by atoms with Gasteiger partial charge in [0, 0.05) is 19.0 Å². The lowest BCUT2D eigenvalue weighted by Gasteiger charge is -2.21. The Morgan fingerprint density at radius 3 is 2.58 bits per heavy atom. The Morgan fingerprint density at radius 2 is 1.95 bits per heavy atom. The smallest absolute Gasteiger partial charge is 0.227 e. The van der Waals surface area contributed by atoms with Gasteiger partial charge in [-0.2, -0.15) is 4.98 Å². The third-order valence-corrected chi connectivity index (χ3v) is 3.45. The molecule has 0 aliphatic heterocycles. The molecule has 2 rings (SSSR count). The minimum atomic E-state index is 0.409. The zero-order valence-corrected chi connectivity index (χ0v) is 11.8. The fourth-order valence-corrected chi connectivity index (χ4v) is 2.07. The SMILES string of the molecule is Cc1noc(CCN[C@@H](C)[C@H](C)c2ccccc2)n1. The summed E-state index contributed by atoms with van der Waals surface area (Å²) in [6.45, 7) is 7.13. The van der Waals surface area contributed by atoms with Crippen molar-refractivity contribution in [2.45, 2.75) is 39.2 Å². The van der Waals surface area contributed by atoms with Crippen LogP contribution in [0.15, 0.2) is 34.9 Å². The van der Waals surface area contributed by atoms with Gasteiger partial charge in [-0.3, -0.25) is 0 Å². The molecule has 0 fully saturated rings. The summed E-state index contributed by atoms with van der Waals surface area (Å²) in [7, 11) is 0. The summed E-state index contributed by atoms with van der Waals surface area (Å²) in [4.78, 5) is 4.19. The summed E-state index contributed by atoms with van der Waals surface area (Å²) in [6.07, 6.45) is 0.771. The lowest BCUT2D eigenvalue weighted by atomic mass is 9.94. The Balaban J connectivity index is 1.79. The second kappa shape index (κ2) is 6.48. The molecule has 4 heteroatoms. The number of nitrogens with zero attached hydrogens (tertiary/aromatic N) is 2. The van der Waals surface area contributed by atoms with E-state index in [1.165, 1.54) is 5.56 Å². The fraction of sp³-hybridized carbons (Fsp3) is 0.467. The highest BCUT2D eigenvalue weighted by atomic mass is 16.5. The number of nitrogens with one attached hydrogen (secondary N) is 1. The molecule has 0 saturated carbocycles. The number of hydrogen-bond donors (Lipinski definition) is 1. The average Bonchev–Trinajstić information content (AvgIpc) is 2.84. The van der Waals surface area contributed by atoms with Gasteiger partial charge in [-0.15, -0.1) is 0 Å². The number of rotatable bonds is 6. The standard InChI is InChI=1S/C15H21N3O/c1-11(14-7-5-4-6-8-14)12(2)16-10-9-15-17-13(3)18-19-15/h4-8,11-12,16H,9-10H2,1-3H3/t11-,12-/m0/s1. The first-order valence-electron chi connectivity index (χ1n) is 6.74. The van der Waals surface area contributed by atoms with E-state index < -0.39 is 0 Å². The molecule has 1 aromatic carbocycles. The Morgan fingerprint density at radius 1 is 1.21 bits per heavy atom. The molecular weight excluding hydrogens is 238 g/mol. The maximum Gasteiger partial charge on any atom is 0.227 e. The minimum Gasteiger partial charge on any atom is -0.339 e. The minimum absolute atomic E-state index is 0.409. The number of aromatic nitrogens is 2. The summed E-state index contributed by atoms with van der Waals surface area (Å²) < 4.78 is 5.09. The van der Waals surface area contributed by atoms with Gasteiger partial charge >= 0.3 is 0 Å². The Hall–Kier alpha value is -1.68. The first-order chi connectivity index (χ1) is 9.16. The molecule has 1 heterocycles. The molecule has 1 N–H and O–H groups in total. The van der Waals surface area contributed by atoms with Crippen molar-refractivity contribution in [3.8, 4) is 0 Å². The largest absolute Gasteiger partial charge is 0.339 e. The highest BCUT2D eigenvalue weighted by Crippen LogP contribution is 2.18. The second-order valence-corrected chi connectivity index (χ2v) is 4.93. The molecule has 0 aliphatic carbocycles. The molecule has 102 valence electrons. The van der Waals surface area contributed by atoms with E-state index in [4.69, 9.17) is 4.52 Å². The monoisotopic (exact) mass is 259 g/mol. The molecule has 0 unspecified atom stereocenters. The molecule has 0 saturated heterocycles. The third kappa shape index (κ3) is 3.89. The van der Waals surface area contributed by atoms with E-state index in [-0.39, 0.29) is 0 Å². The van der Waals surface area contributed by atoms with Crippen molar-refractivity contribution in [2.75, 3.05) is 6.54 Å². The van der Waals surface area contributed by atoms with Crippen LogP contribution in [0, 0.1) is 6.92 Å². The summed E-state index contributed by atoms with van der Waals surface area (Å²) >= 11 is 0. The van der Waals surface area contributed by atoms with Gasteiger partial charge in [0.15, 0.2) is 5.82 Å². The Bertz CT molecular complexity index is 495. The highest BCUT2D eigenvalue weighted by Gasteiger charge is 2.13. The first-order valence-corrected chi connectivity index (χ1v) is 6.74. The number of benzene rings is 1. The van der Waals surface area contributed by atoms with Gasteiger partial charge < -0.3 is 9.84 Å². The van der Waals surface area contributed by atoms with Crippen LogP contribution in [0.2, 0.25) is 0 Å². The van der Waals surface area contributed by atoms with E-state index in [9.17, 15) is 0 Å². The molecule has 0 bridgehead atoms. The quantitative estimate of drug-likeness (QED) is 0.866. The van der Waals surface area contributed by atoms with E-state index in [1.54, 1.807) is 0 Å². The van der Waals surface area contributed by atoms with Crippen LogP contribution in [0.3, 0.4) is 0 Å². The topological polar surface area (TPSA) is 51.0 Å². The molecule has 19 heavy (non-hydrogen) atoms. The van der Waals surface area contributed by atoms with Crippen LogP contribution < -0.4 is 5.32 Å². The third-order valence-electron chi connectivity index (χ3n) is 3.45. The Kier molecular flexibility index (Phi) is 4.68. The van der Waals surface area contributed by atoms with Gasteiger partial charge in [-0.25, -0.2) is 0 Å². The van der Waals surface area contributed by atoms with Crippen LogP contribution in [0.4, 0.5) is 0 Å².